The summed E-state index contributed by atoms with van der Waals surface area (Å²) in [5, 5.41) is 0. The quantitative estimate of drug-likeness (QED) is 0.150. The number of carbonyl (C=O) groups excluding carboxylic acids is 1. The minimum absolute atomic E-state index is 0.0713. The first kappa shape index (κ1) is 26.4. The van der Waals surface area contributed by atoms with Crippen molar-refractivity contribution in [2.75, 3.05) is 7.11 Å². The molecule has 0 amide bonds. The van der Waals surface area contributed by atoms with E-state index in [1.165, 1.54) is 103 Å². The van der Waals surface area contributed by atoms with E-state index in [0.29, 0.717) is 6.42 Å². The van der Waals surface area contributed by atoms with Crippen LogP contribution in [0, 0.1) is 0 Å². The van der Waals surface area contributed by atoms with E-state index in [-0.39, 0.29) is 5.97 Å². The molecule has 0 aliphatic carbocycles. The number of hydrogen-bond donors (Lipinski definition) is 0. The highest BCUT2D eigenvalue weighted by Crippen LogP contribution is 2.10. The minimum Gasteiger partial charge on any atom is -0.469 e. The fourth-order valence-electron chi connectivity index (χ4n) is 2.75. The van der Waals surface area contributed by atoms with Gasteiger partial charge in [0.05, 0.1) is 7.11 Å². The van der Waals surface area contributed by atoms with Crippen LogP contribution in [0.5, 0.6) is 0 Å². The molecule has 0 atom stereocenters. The number of methoxy groups -OCH3 is 1. The Morgan fingerprint density at radius 3 is 1.52 bits per heavy atom. The van der Waals surface area contributed by atoms with E-state index < -0.39 is 0 Å². The van der Waals surface area contributed by atoms with Gasteiger partial charge in [-0.15, -0.1) is 6.58 Å². The lowest BCUT2D eigenvalue weighted by molar-refractivity contribution is -0.140. The number of unbranched alkanes of at least 4 members (excludes halogenated alkanes) is 14. The zero-order chi connectivity index (χ0) is 19.0. The van der Waals surface area contributed by atoms with Gasteiger partial charge in [-0.25, -0.2) is 0 Å². The lowest BCUT2D eigenvalue weighted by Gasteiger charge is -2.01. The van der Waals surface area contributed by atoms with Gasteiger partial charge in [0.2, 0.25) is 0 Å². The SMILES string of the molecule is C=CCCCCCCCC.CCCCCCCCCCCC(=O)OC. The fraction of sp³-hybridized carbons (Fsp3) is 0.870. The first-order valence-electron chi connectivity index (χ1n) is 10.9. The summed E-state index contributed by atoms with van der Waals surface area (Å²) in [4.78, 5) is 10.8. The monoisotopic (exact) mass is 354 g/mol. The van der Waals surface area contributed by atoms with Gasteiger partial charge < -0.3 is 4.74 Å². The molecular formula is C23H46O2. The highest BCUT2D eigenvalue weighted by Gasteiger charge is 1.98. The molecule has 0 aliphatic heterocycles. The van der Waals surface area contributed by atoms with Gasteiger partial charge in [-0.2, -0.15) is 0 Å². The Labute approximate surface area is 158 Å². The average Bonchev–Trinajstić information content (AvgIpc) is 2.63. The van der Waals surface area contributed by atoms with Crippen LogP contribution in [0.3, 0.4) is 0 Å². The maximum Gasteiger partial charge on any atom is 0.305 e. The summed E-state index contributed by atoms with van der Waals surface area (Å²) < 4.78 is 4.58. The van der Waals surface area contributed by atoms with Gasteiger partial charge >= 0.3 is 5.97 Å². The number of hydrogen-bond acceptors (Lipinski definition) is 2. The molecule has 2 nitrogen and oxygen atoms in total. The molecule has 0 heterocycles. The van der Waals surface area contributed by atoms with E-state index in [0.717, 1.165) is 6.42 Å². The number of rotatable bonds is 17. The third kappa shape index (κ3) is 28.3. The van der Waals surface area contributed by atoms with Crippen LogP contribution in [-0.4, -0.2) is 13.1 Å². The molecule has 2 heteroatoms. The van der Waals surface area contributed by atoms with Crippen LogP contribution in [0.1, 0.15) is 123 Å². The van der Waals surface area contributed by atoms with E-state index >= 15 is 0 Å². The van der Waals surface area contributed by atoms with E-state index in [1.807, 2.05) is 6.08 Å². The minimum atomic E-state index is -0.0713. The van der Waals surface area contributed by atoms with Crippen LogP contribution in [0.4, 0.5) is 0 Å². The van der Waals surface area contributed by atoms with Crippen molar-refractivity contribution in [1.82, 2.24) is 0 Å². The molecular weight excluding hydrogens is 308 g/mol. The average molecular weight is 355 g/mol. The normalized spacial score (nSPS) is 10.0. The summed E-state index contributed by atoms with van der Waals surface area (Å²) in [6, 6.07) is 0. The van der Waals surface area contributed by atoms with Crippen molar-refractivity contribution >= 4 is 5.97 Å². The van der Waals surface area contributed by atoms with Gasteiger partial charge in [-0.05, 0) is 19.3 Å². The third-order valence-electron chi connectivity index (χ3n) is 4.47. The first-order chi connectivity index (χ1) is 12.2. The summed E-state index contributed by atoms with van der Waals surface area (Å²) in [5.41, 5.74) is 0. The number of allylic oxidation sites excluding steroid dienone is 1. The summed E-state index contributed by atoms with van der Waals surface area (Å²) in [7, 11) is 1.45. The Balaban J connectivity index is 0. The Kier molecular flexibility index (Phi) is 26.9. The van der Waals surface area contributed by atoms with Crippen LogP contribution in [0.25, 0.3) is 0 Å². The van der Waals surface area contributed by atoms with Gasteiger partial charge in [0.1, 0.15) is 0 Å². The van der Waals surface area contributed by atoms with Gasteiger partial charge in [-0.1, -0.05) is 103 Å². The lowest BCUT2D eigenvalue weighted by atomic mass is 10.1. The molecule has 0 aromatic heterocycles. The van der Waals surface area contributed by atoms with Crippen LogP contribution < -0.4 is 0 Å². The molecule has 0 unspecified atom stereocenters. The summed E-state index contributed by atoms with van der Waals surface area (Å²) in [6.07, 6.45) is 23.7. The zero-order valence-corrected chi connectivity index (χ0v) is 17.6. The van der Waals surface area contributed by atoms with Gasteiger partial charge in [0.25, 0.3) is 0 Å². The van der Waals surface area contributed by atoms with Crippen molar-refractivity contribution in [3.63, 3.8) is 0 Å². The molecule has 0 rings (SSSR count). The standard InChI is InChI=1S/C13H26O2.C10H20/c1-3-4-5-6-7-8-9-10-11-12-13(14)15-2;1-3-5-7-9-10-8-6-4-2/h3-12H2,1-2H3;3H,1,4-10H2,2H3. The van der Waals surface area contributed by atoms with E-state index in [9.17, 15) is 4.79 Å². The second kappa shape index (κ2) is 25.5. The van der Waals surface area contributed by atoms with Crippen LogP contribution in [0.15, 0.2) is 12.7 Å². The predicted molar refractivity (Wildman–Crippen MR) is 112 cm³/mol. The van der Waals surface area contributed by atoms with Crippen molar-refractivity contribution in [2.45, 2.75) is 123 Å². The van der Waals surface area contributed by atoms with Gasteiger partial charge in [-0.3, -0.25) is 4.79 Å². The highest BCUT2D eigenvalue weighted by atomic mass is 16.5. The summed E-state index contributed by atoms with van der Waals surface area (Å²) in [5.74, 6) is -0.0713. The molecule has 0 radical (unpaired) electrons. The van der Waals surface area contributed by atoms with E-state index in [2.05, 4.69) is 25.2 Å². The zero-order valence-electron chi connectivity index (χ0n) is 17.6. The predicted octanol–water partition coefficient (Wildman–Crippen LogP) is 8.00. The van der Waals surface area contributed by atoms with Crippen LogP contribution >= 0.6 is 0 Å². The number of esters is 1. The van der Waals surface area contributed by atoms with E-state index in [4.69, 9.17) is 0 Å². The fourth-order valence-corrected chi connectivity index (χ4v) is 2.75. The molecule has 0 N–H and O–H groups in total. The Morgan fingerprint density at radius 2 is 1.12 bits per heavy atom. The second-order valence-corrected chi connectivity index (χ2v) is 7.00. The van der Waals surface area contributed by atoms with Crippen molar-refractivity contribution in [2.24, 2.45) is 0 Å². The Morgan fingerprint density at radius 1 is 0.720 bits per heavy atom. The van der Waals surface area contributed by atoms with Crippen molar-refractivity contribution in [3.05, 3.63) is 12.7 Å². The van der Waals surface area contributed by atoms with Crippen molar-refractivity contribution < 1.29 is 9.53 Å². The molecule has 0 aromatic rings. The largest absolute Gasteiger partial charge is 0.469 e. The second-order valence-electron chi connectivity index (χ2n) is 7.00. The molecule has 0 spiro atoms. The van der Waals surface area contributed by atoms with Gasteiger partial charge in [0, 0.05) is 6.42 Å². The topological polar surface area (TPSA) is 26.3 Å². The molecule has 0 aliphatic rings. The molecule has 25 heavy (non-hydrogen) atoms. The van der Waals surface area contributed by atoms with Crippen LogP contribution in [0.2, 0.25) is 0 Å². The first-order valence-corrected chi connectivity index (χ1v) is 10.9. The van der Waals surface area contributed by atoms with Crippen molar-refractivity contribution in [1.29, 1.82) is 0 Å². The molecule has 0 saturated heterocycles. The molecule has 0 aromatic carbocycles. The lowest BCUT2D eigenvalue weighted by Crippen LogP contribution is -1.99. The molecule has 0 saturated carbocycles. The molecule has 0 fully saturated rings. The molecule has 0 bridgehead atoms. The number of ether oxygens (including phenoxy) is 1. The van der Waals surface area contributed by atoms with Gasteiger partial charge in [0.15, 0.2) is 0 Å². The maximum atomic E-state index is 10.8. The molecule has 150 valence electrons. The van der Waals surface area contributed by atoms with E-state index in [1.54, 1.807) is 0 Å². The third-order valence-corrected chi connectivity index (χ3v) is 4.47. The smallest absolute Gasteiger partial charge is 0.305 e. The maximum absolute atomic E-state index is 10.8. The Bertz CT molecular complexity index is 261. The van der Waals surface area contributed by atoms with Crippen LogP contribution in [-0.2, 0) is 9.53 Å². The number of carbonyl (C=O) groups is 1. The Hall–Kier alpha value is -0.790. The van der Waals surface area contributed by atoms with Crippen molar-refractivity contribution in [3.8, 4) is 0 Å². The highest BCUT2D eigenvalue weighted by molar-refractivity contribution is 5.68. The summed E-state index contributed by atoms with van der Waals surface area (Å²) in [6.45, 7) is 8.19. The summed E-state index contributed by atoms with van der Waals surface area (Å²) >= 11 is 0.